The first-order valence-corrected chi connectivity index (χ1v) is 5.25. The third-order valence-corrected chi connectivity index (χ3v) is 2.53. The zero-order valence-corrected chi connectivity index (χ0v) is 9.72. The van der Waals surface area contributed by atoms with Gasteiger partial charge in [0.05, 0.1) is 0 Å². The molecule has 0 spiro atoms. The van der Waals surface area contributed by atoms with E-state index in [9.17, 15) is 5.11 Å². The summed E-state index contributed by atoms with van der Waals surface area (Å²) >= 11 is 0. The second kappa shape index (κ2) is 4.04. The van der Waals surface area contributed by atoms with Crippen molar-refractivity contribution in [2.45, 2.75) is 46.5 Å². The highest BCUT2D eigenvalue weighted by molar-refractivity contribution is 5.46. The molecule has 0 atom stereocenters. The Morgan fingerprint density at radius 1 is 0.929 bits per heavy atom. The van der Waals surface area contributed by atoms with Gasteiger partial charge in [-0.2, -0.15) is 0 Å². The second-order valence-corrected chi connectivity index (χ2v) is 4.58. The first-order chi connectivity index (χ1) is 6.43. The van der Waals surface area contributed by atoms with Crippen LogP contribution < -0.4 is 0 Å². The Labute approximate surface area is 86.8 Å². The molecule has 0 aromatic heterocycles. The molecule has 1 heteroatoms. The Morgan fingerprint density at radius 3 is 1.57 bits per heavy atom. The zero-order chi connectivity index (χ0) is 10.9. The largest absolute Gasteiger partial charge is 0.289 e. The predicted molar refractivity (Wildman–Crippen MR) is 59.5 cm³/mol. The average molecular weight is 191 g/mol. The monoisotopic (exact) mass is 191 g/mol. The first-order valence-electron chi connectivity index (χ1n) is 5.25. The molecule has 0 aliphatic rings. The SMILES string of the molecule is Cc1cc(C(C)C)c([O])c(C(C)C)c1. The van der Waals surface area contributed by atoms with Gasteiger partial charge < -0.3 is 0 Å². The summed E-state index contributed by atoms with van der Waals surface area (Å²) in [6.45, 7) is 10.3. The van der Waals surface area contributed by atoms with Crippen molar-refractivity contribution in [2.75, 3.05) is 0 Å². The molecule has 0 N–H and O–H groups in total. The van der Waals surface area contributed by atoms with Gasteiger partial charge in [0.25, 0.3) is 0 Å². The van der Waals surface area contributed by atoms with Crippen LogP contribution in [0.3, 0.4) is 0 Å². The van der Waals surface area contributed by atoms with Crippen LogP contribution in [0.15, 0.2) is 12.1 Å². The third-order valence-electron chi connectivity index (χ3n) is 2.53. The minimum Gasteiger partial charge on any atom is -0.289 e. The zero-order valence-electron chi connectivity index (χ0n) is 9.72. The van der Waals surface area contributed by atoms with Gasteiger partial charge in [-0.05, 0) is 18.8 Å². The molecule has 0 saturated carbocycles. The molecule has 1 radical (unpaired) electrons. The smallest absolute Gasteiger partial charge is 0.185 e. The molecular weight excluding hydrogens is 172 g/mol. The summed E-state index contributed by atoms with van der Waals surface area (Å²) in [5.74, 6) is 0.875. The topological polar surface area (TPSA) is 19.9 Å². The summed E-state index contributed by atoms with van der Waals surface area (Å²) in [6, 6.07) is 4.03. The third kappa shape index (κ3) is 2.09. The Bertz CT molecular complexity index is 295. The van der Waals surface area contributed by atoms with Crippen LogP contribution in [0.2, 0.25) is 0 Å². The summed E-state index contributed by atoms with van der Waals surface area (Å²) in [4.78, 5) is 0. The molecule has 1 rings (SSSR count). The van der Waals surface area contributed by atoms with Gasteiger partial charge in [-0.3, -0.25) is 5.11 Å². The molecule has 0 aliphatic heterocycles. The van der Waals surface area contributed by atoms with E-state index in [2.05, 4.69) is 34.6 Å². The molecule has 1 aromatic rings. The molecule has 1 aromatic carbocycles. The quantitative estimate of drug-likeness (QED) is 0.661. The van der Waals surface area contributed by atoms with E-state index in [0.29, 0.717) is 11.8 Å². The van der Waals surface area contributed by atoms with Crippen molar-refractivity contribution < 1.29 is 5.11 Å². The van der Waals surface area contributed by atoms with Crippen molar-refractivity contribution in [3.8, 4) is 5.75 Å². The van der Waals surface area contributed by atoms with E-state index >= 15 is 0 Å². The fraction of sp³-hybridized carbons (Fsp3) is 0.538. The lowest BCUT2D eigenvalue weighted by Gasteiger charge is -2.14. The summed E-state index contributed by atoms with van der Waals surface area (Å²) in [5.41, 5.74) is 3.10. The highest BCUT2D eigenvalue weighted by atomic mass is 16.3. The molecule has 77 valence electrons. The van der Waals surface area contributed by atoms with Crippen molar-refractivity contribution in [2.24, 2.45) is 0 Å². The molecule has 0 saturated heterocycles. The Hall–Kier alpha value is -0.980. The van der Waals surface area contributed by atoms with Crippen molar-refractivity contribution in [3.63, 3.8) is 0 Å². The van der Waals surface area contributed by atoms with Crippen molar-refractivity contribution in [3.05, 3.63) is 28.8 Å². The van der Waals surface area contributed by atoms with Crippen LogP contribution in [0, 0.1) is 6.92 Å². The molecule has 0 aliphatic carbocycles. The number of hydrogen-bond acceptors (Lipinski definition) is 0. The van der Waals surface area contributed by atoms with Crippen LogP contribution >= 0.6 is 0 Å². The van der Waals surface area contributed by atoms with Gasteiger partial charge in [0.1, 0.15) is 0 Å². The lowest BCUT2D eigenvalue weighted by molar-refractivity contribution is 0.341. The van der Waals surface area contributed by atoms with Crippen molar-refractivity contribution in [1.29, 1.82) is 0 Å². The van der Waals surface area contributed by atoms with E-state index in [1.807, 2.05) is 12.1 Å². The van der Waals surface area contributed by atoms with Crippen LogP contribution in [0.1, 0.15) is 56.2 Å². The van der Waals surface area contributed by atoms with Crippen LogP contribution in [0.25, 0.3) is 0 Å². The van der Waals surface area contributed by atoms with Gasteiger partial charge >= 0.3 is 0 Å². The van der Waals surface area contributed by atoms with E-state index in [0.717, 1.165) is 11.1 Å². The molecule has 14 heavy (non-hydrogen) atoms. The van der Waals surface area contributed by atoms with Crippen molar-refractivity contribution >= 4 is 0 Å². The standard InChI is InChI=1S/C13H19O/c1-8(2)11-6-10(5)7-12(9(3)4)13(11)14/h6-9H,1-5H3. The Balaban J connectivity index is 3.32. The van der Waals surface area contributed by atoms with Crippen molar-refractivity contribution in [1.82, 2.24) is 0 Å². The molecule has 1 nitrogen and oxygen atoms in total. The van der Waals surface area contributed by atoms with Crippen LogP contribution in [0.4, 0.5) is 0 Å². The normalized spacial score (nSPS) is 11.4. The molecule has 0 fully saturated rings. The summed E-state index contributed by atoms with van der Waals surface area (Å²) in [7, 11) is 0. The Kier molecular flexibility index (Phi) is 3.20. The second-order valence-electron chi connectivity index (χ2n) is 4.58. The number of benzene rings is 1. The van der Waals surface area contributed by atoms with Gasteiger partial charge in [0.15, 0.2) is 5.75 Å². The van der Waals surface area contributed by atoms with Gasteiger partial charge in [-0.1, -0.05) is 45.4 Å². The maximum absolute atomic E-state index is 12.0. The summed E-state index contributed by atoms with van der Waals surface area (Å²) < 4.78 is 0. The first kappa shape index (κ1) is 11.1. The maximum Gasteiger partial charge on any atom is 0.185 e. The van der Waals surface area contributed by atoms with Crippen LogP contribution in [-0.4, -0.2) is 0 Å². The van der Waals surface area contributed by atoms with E-state index in [1.165, 1.54) is 5.56 Å². The highest BCUT2D eigenvalue weighted by Gasteiger charge is 2.15. The molecule has 0 amide bonds. The van der Waals surface area contributed by atoms with Gasteiger partial charge in [0, 0.05) is 11.1 Å². The fourth-order valence-electron chi connectivity index (χ4n) is 1.69. The van der Waals surface area contributed by atoms with E-state index in [1.54, 1.807) is 0 Å². The van der Waals surface area contributed by atoms with Gasteiger partial charge in [-0.15, -0.1) is 0 Å². The molecule has 0 bridgehead atoms. The van der Waals surface area contributed by atoms with E-state index in [-0.39, 0.29) is 5.75 Å². The highest BCUT2D eigenvalue weighted by Crippen LogP contribution is 2.34. The van der Waals surface area contributed by atoms with Gasteiger partial charge in [0.2, 0.25) is 0 Å². The fourth-order valence-corrected chi connectivity index (χ4v) is 1.69. The summed E-state index contributed by atoms with van der Waals surface area (Å²) in [5, 5.41) is 12.0. The van der Waals surface area contributed by atoms with Crippen LogP contribution in [0.5, 0.6) is 5.75 Å². The molecule has 0 heterocycles. The van der Waals surface area contributed by atoms with Crippen LogP contribution in [-0.2, 0) is 5.11 Å². The molecule has 0 unspecified atom stereocenters. The predicted octanol–water partition coefficient (Wildman–Crippen LogP) is 4.39. The minimum atomic E-state index is 0.237. The van der Waals surface area contributed by atoms with Gasteiger partial charge in [-0.25, -0.2) is 0 Å². The summed E-state index contributed by atoms with van der Waals surface area (Å²) in [6.07, 6.45) is 0. The lowest BCUT2D eigenvalue weighted by atomic mass is 9.92. The molecular formula is C13H19O. The number of hydrogen-bond donors (Lipinski definition) is 0. The number of aryl methyl sites for hydroxylation is 1. The Morgan fingerprint density at radius 2 is 1.29 bits per heavy atom. The maximum atomic E-state index is 12.0. The van der Waals surface area contributed by atoms with E-state index in [4.69, 9.17) is 0 Å². The number of rotatable bonds is 2. The average Bonchev–Trinajstić information content (AvgIpc) is 2.07. The minimum absolute atomic E-state index is 0.237. The van der Waals surface area contributed by atoms with E-state index < -0.39 is 0 Å². The lowest BCUT2D eigenvalue weighted by Crippen LogP contribution is -1.95.